The summed E-state index contributed by atoms with van der Waals surface area (Å²) in [5.74, 6) is -0.897. The molecule has 0 aliphatic carbocycles. The summed E-state index contributed by atoms with van der Waals surface area (Å²) < 4.78 is 10.7. The molecule has 4 nitrogen and oxygen atoms in total. The van der Waals surface area contributed by atoms with Crippen LogP contribution in [0.2, 0.25) is 6.55 Å². The second-order valence-corrected chi connectivity index (χ2v) is 6.82. The Kier molecular flexibility index (Phi) is 5.78. The van der Waals surface area contributed by atoms with Crippen LogP contribution < -0.4 is 0 Å². The first-order valence-electron chi connectivity index (χ1n) is 4.96. The van der Waals surface area contributed by atoms with Crippen molar-refractivity contribution >= 4 is 14.5 Å². The van der Waals surface area contributed by atoms with Crippen LogP contribution in [-0.4, -0.2) is 33.9 Å². The van der Waals surface area contributed by atoms with Gasteiger partial charge in [0.15, 0.2) is 0 Å². The summed E-state index contributed by atoms with van der Waals surface area (Å²) in [6.45, 7) is 5.48. The van der Waals surface area contributed by atoms with E-state index in [4.69, 9.17) is 14.0 Å². The molecule has 15 heavy (non-hydrogen) atoms. The van der Waals surface area contributed by atoms with Crippen molar-refractivity contribution in [2.24, 2.45) is 0 Å². The van der Waals surface area contributed by atoms with Crippen LogP contribution >= 0.6 is 0 Å². The van der Waals surface area contributed by atoms with Gasteiger partial charge in [-0.2, -0.15) is 0 Å². The predicted molar refractivity (Wildman–Crippen MR) is 60.9 cm³/mol. The Morgan fingerprint density at radius 3 is 2.07 bits per heavy atom. The molecule has 5 heteroatoms. The average molecular weight is 232 g/mol. The first kappa shape index (κ1) is 14.3. The molecule has 0 aliphatic rings. The van der Waals surface area contributed by atoms with Gasteiger partial charge in [0.25, 0.3) is 0 Å². The maximum Gasteiger partial charge on any atom is 0.365 e. The molecule has 0 aromatic carbocycles. The van der Waals surface area contributed by atoms with Gasteiger partial charge in [0.05, 0.1) is 0 Å². The second kappa shape index (κ2) is 6.04. The van der Waals surface area contributed by atoms with E-state index in [9.17, 15) is 4.79 Å². The van der Waals surface area contributed by atoms with E-state index in [1.165, 1.54) is 0 Å². The average Bonchev–Trinajstić information content (AvgIpc) is 2.23. The highest BCUT2D eigenvalue weighted by Gasteiger charge is 2.36. The molecule has 0 aromatic heterocycles. The van der Waals surface area contributed by atoms with Crippen LogP contribution in [0.15, 0.2) is 10.8 Å². The fourth-order valence-corrected chi connectivity index (χ4v) is 3.62. The summed E-state index contributed by atoms with van der Waals surface area (Å²) in [4.78, 5) is 10.9. The minimum absolute atomic E-state index is 0.356. The number of rotatable bonds is 6. The lowest BCUT2D eigenvalue weighted by molar-refractivity contribution is -0.132. The van der Waals surface area contributed by atoms with E-state index in [-0.39, 0.29) is 0 Å². The molecule has 0 unspecified atom stereocenters. The number of aliphatic carboxylic acids is 1. The quantitative estimate of drug-likeness (QED) is 0.563. The molecule has 0 bridgehead atoms. The number of hydrogen-bond donors (Lipinski definition) is 1. The highest BCUT2D eigenvalue weighted by molar-refractivity contribution is 6.74. The van der Waals surface area contributed by atoms with Crippen molar-refractivity contribution in [2.45, 2.75) is 33.2 Å². The lowest BCUT2D eigenvalue weighted by Gasteiger charge is -2.26. The summed E-state index contributed by atoms with van der Waals surface area (Å²) in [6.07, 6.45) is 1.60. The highest BCUT2D eigenvalue weighted by atomic mass is 28.4. The van der Waals surface area contributed by atoms with Crippen LogP contribution in [0, 0.1) is 0 Å². The standard InChI is InChI=1S/C10H20O4Si/c1-6-7-9(8(2)10(11)12)15(5,13-3)14-4/h6-7H2,1-5H3,(H,11,12). The zero-order chi connectivity index (χ0) is 12.1. The smallest absolute Gasteiger partial charge is 0.365 e. The summed E-state index contributed by atoms with van der Waals surface area (Å²) in [7, 11) is 0.665. The molecule has 88 valence electrons. The van der Waals surface area contributed by atoms with Gasteiger partial charge in [-0.25, -0.2) is 4.79 Å². The van der Waals surface area contributed by atoms with Gasteiger partial charge < -0.3 is 14.0 Å². The molecule has 0 rings (SSSR count). The Hall–Kier alpha value is -0.653. The fourth-order valence-electron chi connectivity index (χ4n) is 1.46. The van der Waals surface area contributed by atoms with Crippen molar-refractivity contribution in [1.82, 2.24) is 0 Å². The monoisotopic (exact) mass is 232 g/mol. The van der Waals surface area contributed by atoms with Crippen LogP contribution in [0.5, 0.6) is 0 Å². The summed E-state index contributed by atoms with van der Waals surface area (Å²) >= 11 is 0. The van der Waals surface area contributed by atoms with Gasteiger partial charge in [0.2, 0.25) is 0 Å². The molecule has 0 fully saturated rings. The minimum atomic E-state index is -2.47. The Bertz CT molecular complexity index is 256. The number of carboxylic acid groups (broad SMARTS) is 1. The number of allylic oxidation sites excluding steroid dienone is 1. The Morgan fingerprint density at radius 1 is 1.33 bits per heavy atom. The van der Waals surface area contributed by atoms with Crippen LogP contribution in [0.3, 0.4) is 0 Å². The predicted octanol–water partition coefficient (Wildman–Crippen LogP) is 2.09. The van der Waals surface area contributed by atoms with Gasteiger partial charge in [-0.05, 0) is 25.1 Å². The van der Waals surface area contributed by atoms with Crippen molar-refractivity contribution in [1.29, 1.82) is 0 Å². The molecule has 0 saturated carbocycles. The molecule has 1 N–H and O–H groups in total. The third kappa shape index (κ3) is 3.44. The van der Waals surface area contributed by atoms with Gasteiger partial charge in [-0.15, -0.1) is 0 Å². The lowest BCUT2D eigenvalue weighted by Crippen LogP contribution is -2.40. The lowest BCUT2D eigenvalue weighted by atomic mass is 10.2. The Morgan fingerprint density at radius 2 is 1.80 bits per heavy atom. The second-order valence-electron chi connectivity index (χ2n) is 3.51. The van der Waals surface area contributed by atoms with Crippen molar-refractivity contribution in [3.05, 3.63) is 10.8 Å². The summed E-state index contributed by atoms with van der Waals surface area (Å²) in [5.41, 5.74) is 0.356. The first-order chi connectivity index (χ1) is 6.92. The third-order valence-electron chi connectivity index (χ3n) is 2.60. The van der Waals surface area contributed by atoms with Gasteiger partial charge in [-0.3, -0.25) is 0 Å². The van der Waals surface area contributed by atoms with Crippen LogP contribution in [0.4, 0.5) is 0 Å². The van der Waals surface area contributed by atoms with Gasteiger partial charge in [0, 0.05) is 19.8 Å². The summed E-state index contributed by atoms with van der Waals surface area (Å²) in [5, 5.41) is 9.81. The molecule has 0 aromatic rings. The van der Waals surface area contributed by atoms with Crippen LogP contribution in [-0.2, 0) is 13.6 Å². The van der Waals surface area contributed by atoms with E-state index in [0.717, 1.165) is 11.6 Å². The topological polar surface area (TPSA) is 55.8 Å². The number of hydrogen-bond acceptors (Lipinski definition) is 3. The Labute approximate surface area is 92.1 Å². The zero-order valence-corrected chi connectivity index (χ0v) is 11.1. The van der Waals surface area contributed by atoms with Crippen molar-refractivity contribution < 1.29 is 18.8 Å². The molecular weight excluding hydrogens is 212 g/mol. The molecular formula is C10H20O4Si. The molecule has 0 amide bonds. The molecule has 0 heterocycles. The molecule has 0 aliphatic heterocycles. The normalized spacial score (nSPS) is 13.7. The van der Waals surface area contributed by atoms with E-state index in [2.05, 4.69) is 0 Å². The number of carbonyl (C=O) groups is 1. The maximum atomic E-state index is 10.9. The molecule has 0 saturated heterocycles. The van der Waals surface area contributed by atoms with E-state index < -0.39 is 14.5 Å². The number of carboxylic acids is 1. The largest absolute Gasteiger partial charge is 0.478 e. The minimum Gasteiger partial charge on any atom is -0.478 e. The van der Waals surface area contributed by atoms with E-state index in [0.29, 0.717) is 12.0 Å². The van der Waals surface area contributed by atoms with Gasteiger partial charge in [0.1, 0.15) is 0 Å². The fraction of sp³-hybridized carbons (Fsp3) is 0.700. The van der Waals surface area contributed by atoms with E-state index in [1.54, 1.807) is 21.1 Å². The summed E-state index contributed by atoms with van der Waals surface area (Å²) in [6, 6.07) is 0. The molecule has 0 atom stereocenters. The molecule has 0 spiro atoms. The molecule has 0 radical (unpaired) electrons. The van der Waals surface area contributed by atoms with Crippen molar-refractivity contribution in [2.75, 3.05) is 14.2 Å². The van der Waals surface area contributed by atoms with Gasteiger partial charge in [-0.1, -0.05) is 13.3 Å². The van der Waals surface area contributed by atoms with E-state index >= 15 is 0 Å². The third-order valence-corrected chi connectivity index (χ3v) is 5.88. The Balaban J connectivity index is 5.29. The van der Waals surface area contributed by atoms with E-state index in [1.807, 2.05) is 13.5 Å². The van der Waals surface area contributed by atoms with Crippen molar-refractivity contribution in [3.63, 3.8) is 0 Å². The van der Waals surface area contributed by atoms with Crippen LogP contribution in [0.25, 0.3) is 0 Å². The maximum absolute atomic E-state index is 10.9. The highest BCUT2D eigenvalue weighted by Crippen LogP contribution is 2.24. The SMILES string of the molecule is CCCC(=C(C)C(=O)O)[Si](C)(OC)OC. The first-order valence-corrected chi connectivity index (χ1v) is 7.28. The van der Waals surface area contributed by atoms with Gasteiger partial charge >= 0.3 is 14.5 Å². The van der Waals surface area contributed by atoms with Crippen molar-refractivity contribution in [3.8, 4) is 0 Å². The van der Waals surface area contributed by atoms with Crippen LogP contribution in [0.1, 0.15) is 26.7 Å². The zero-order valence-electron chi connectivity index (χ0n) is 10.1.